The molecule has 1 heterocycles. The molecular weight excluding hydrogens is 250 g/mol. The zero-order valence-electron chi connectivity index (χ0n) is 12.3. The van der Waals surface area contributed by atoms with Gasteiger partial charge in [-0.2, -0.15) is 0 Å². The Morgan fingerprint density at radius 1 is 1.25 bits per heavy atom. The molecule has 108 valence electrons. The molecular formula is C16H23N3O. The average Bonchev–Trinajstić information content (AvgIpc) is 2.80. The fourth-order valence-electron chi connectivity index (χ4n) is 3.43. The lowest BCUT2D eigenvalue weighted by Crippen LogP contribution is -2.53. The number of hydrogen-bond donors (Lipinski definition) is 1. The lowest BCUT2D eigenvalue weighted by molar-refractivity contribution is 0.261. The summed E-state index contributed by atoms with van der Waals surface area (Å²) >= 11 is 0. The first-order valence-corrected chi connectivity index (χ1v) is 7.39. The molecule has 1 spiro atoms. The Balaban J connectivity index is 1.89. The molecule has 1 aliphatic carbocycles. The zero-order chi connectivity index (χ0) is 14.2. The van der Waals surface area contributed by atoms with Crippen LogP contribution in [0.1, 0.15) is 32.6 Å². The second-order valence-electron chi connectivity index (χ2n) is 6.11. The summed E-state index contributed by atoms with van der Waals surface area (Å²) in [5.74, 6) is 2.35. The van der Waals surface area contributed by atoms with E-state index in [4.69, 9.17) is 10.5 Å². The van der Waals surface area contributed by atoms with E-state index in [2.05, 4.69) is 28.9 Å². The van der Waals surface area contributed by atoms with Crippen molar-refractivity contribution < 1.29 is 4.74 Å². The Morgan fingerprint density at radius 2 is 1.90 bits per heavy atom. The van der Waals surface area contributed by atoms with Gasteiger partial charge in [-0.15, -0.1) is 0 Å². The van der Waals surface area contributed by atoms with Crippen LogP contribution in [0.5, 0.6) is 5.75 Å². The molecule has 2 aliphatic rings. The van der Waals surface area contributed by atoms with Gasteiger partial charge in [-0.3, -0.25) is 4.99 Å². The molecule has 3 rings (SSSR count). The molecule has 0 atom stereocenters. The molecule has 0 bridgehead atoms. The summed E-state index contributed by atoms with van der Waals surface area (Å²) in [6, 6.07) is 8.12. The van der Waals surface area contributed by atoms with Crippen molar-refractivity contribution in [2.45, 2.75) is 38.1 Å². The van der Waals surface area contributed by atoms with Gasteiger partial charge in [0, 0.05) is 5.69 Å². The first-order valence-electron chi connectivity index (χ1n) is 7.39. The monoisotopic (exact) mass is 273 g/mol. The molecule has 1 aliphatic heterocycles. The maximum absolute atomic E-state index is 6.17. The number of nitrogens with zero attached hydrogens (tertiary/aromatic N) is 2. The number of hydrogen-bond acceptors (Lipinski definition) is 4. The molecule has 1 aromatic rings. The Bertz CT molecular complexity index is 501. The van der Waals surface area contributed by atoms with E-state index in [1.807, 2.05) is 12.1 Å². The maximum Gasteiger partial charge on any atom is 0.196 e. The fraction of sp³-hybridized carbons (Fsp3) is 0.562. The lowest BCUT2D eigenvalue weighted by Gasteiger charge is -2.43. The minimum absolute atomic E-state index is 0.102. The summed E-state index contributed by atoms with van der Waals surface area (Å²) in [6.07, 6.45) is 4.86. The average molecular weight is 273 g/mol. The molecule has 0 aromatic heterocycles. The predicted molar refractivity (Wildman–Crippen MR) is 82.3 cm³/mol. The van der Waals surface area contributed by atoms with Crippen LogP contribution in [0.25, 0.3) is 0 Å². The summed E-state index contributed by atoms with van der Waals surface area (Å²) in [5.41, 5.74) is 7.39. The molecule has 20 heavy (non-hydrogen) atoms. The topological polar surface area (TPSA) is 50.9 Å². The van der Waals surface area contributed by atoms with Crippen molar-refractivity contribution in [2.75, 3.05) is 18.6 Å². The Morgan fingerprint density at radius 3 is 2.50 bits per heavy atom. The molecule has 0 amide bonds. The Kier molecular flexibility index (Phi) is 3.32. The second kappa shape index (κ2) is 5.00. The maximum atomic E-state index is 6.17. The van der Waals surface area contributed by atoms with Crippen LogP contribution < -0.4 is 15.4 Å². The van der Waals surface area contributed by atoms with Gasteiger partial charge in [-0.05, 0) is 55.9 Å². The van der Waals surface area contributed by atoms with E-state index in [0.717, 1.165) is 23.9 Å². The van der Waals surface area contributed by atoms with Crippen molar-refractivity contribution in [1.82, 2.24) is 0 Å². The third-order valence-electron chi connectivity index (χ3n) is 4.77. The van der Waals surface area contributed by atoms with E-state index in [1.165, 1.54) is 25.7 Å². The SMILES string of the molecule is COc1ccc(N2C(N)=NCC23CCC(C)CC3)cc1. The standard InChI is InChI=1S/C16H23N3O/c1-12-7-9-16(10-8-12)11-18-15(17)19(16)13-3-5-14(20-2)6-4-13/h3-6,12H,7-11H2,1-2H3,(H2,17,18). The van der Waals surface area contributed by atoms with E-state index < -0.39 is 0 Å². The van der Waals surface area contributed by atoms with Crippen molar-refractivity contribution in [3.8, 4) is 5.75 Å². The summed E-state index contributed by atoms with van der Waals surface area (Å²) in [7, 11) is 1.69. The third-order valence-corrected chi connectivity index (χ3v) is 4.77. The van der Waals surface area contributed by atoms with Gasteiger partial charge >= 0.3 is 0 Å². The third kappa shape index (κ3) is 2.13. The van der Waals surface area contributed by atoms with Gasteiger partial charge in [-0.25, -0.2) is 0 Å². The number of ether oxygens (including phenoxy) is 1. The van der Waals surface area contributed by atoms with E-state index in [9.17, 15) is 0 Å². The van der Waals surface area contributed by atoms with Crippen LogP contribution in [0.3, 0.4) is 0 Å². The fourth-order valence-corrected chi connectivity index (χ4v) is 3.43. The van der Waals surface area contributed by atoms with Crippen molar-refractivity contribution >= 4 is 11.6 Å². The number of guanidine groups is 1. The van der Waals surface area contributed by atoms with Gasteiger partial charge in [-0.1, -0.05) is 6.92 Å². The van der Waals surface area contributed by atoms with Gasteiger partial charge in [0.25, 0.3) is 0 Å². The number of rotatable bonds is 2. The Labute approximate surface area is 120 Å². The molecule has 1 aromatic carbocycles. The van der Waals surface area contributed by atoms with Crippen LogP contribution >= 0.6 is 0 Å². The van der Waals surface area contributed by atoms with E-state index in [-0.39, 0.29) is 5.54 Å². The molecule has 2 N–H and O–H groups in total. The molecule has 0 radical (unpaired) electrons. The van der Waals surface area contributed by atoms with Gasteiger partial charge in [0.15, 0.2) is 5.96 Å². The lowest BCUT2D eigenvalue weighted by atomic mass is 9.76. The van der Waals surface area contributed by atoms with Crippen molar-refractivity contribution in [3.05, 3.63) is 24.3 Å². The van der Waals surface area contributed by atoms with Crippen LogP contribution in [-0.2, 0) is 0 Å². The number of anilines is 1. The predicted octanol–water partition coefficient (Wildman–Crippen LogP) is 2.78. The highest BCUT2D eigenvalue weighted by Gasteiger charge is 2.44. The summed E-state index contributed by atoms with van der Waals surface area (Å²) in [4.78, 5) is 6.78. The number of aliphatic imine (C=N–C) groups is 1. The van der Waals surface area contributed by atoms with Crippen molar-refractivity contribution in [3.63, 3.8) is 0 Å². The number of methoxy groups -OCH3 is 1. The summed E-state index contributed by atoms with van der Waals surface area (Å²) < 4.78 is 5.23. The van der Waals surface area contributed by atoms with Crippen LogP contribution in [0.4, 0.5) is 5.69 Å². The van der Waals surface area contributed by atoms with Crippen molar-refractivity contribution in [1.29, 1.82) is 0 Å². The zero-order valence-corrected chi connectivity index (χ0v) is 12.3. The summed E-state index contributed by atoms with van der Waals surface area (Å²) in [5, 5.41) is 0. The quantitative estimate of drug-likeness (QED) is 0.901. The van der Waals surface area contributed by atoms with Crippen LogP contribution in [0, 0.1) is 5.92 Å². The Hall–Kier alpha value is -1.71. The normalized spacial score (nSPS) is 29.6. The van der Waals surface area contributed by atoms with E-state index in [1.54, 1.807) is 7.11 Å². The highest BCUT2D eigenvalue weighted by molar-refractivity contribution is 5.98. The minimum Gasteiger partial charge on any atom is -0.497 e. The van der Waals surface area contributed by atoms with Gasteiger partial charge in [0.2, 0.25) is 0 Å². The smallest absolute Gasteiger partial charge is 0.196 e. The van der Waals surface area contributed by atoms with Crippen molar-refractivity contribution in [2.24, 2.45) is 16.6 Å². The first kappa shape index (κ1) is 13.3. The molecule has 0 saturated heterocycles. The van der Waals surface area contributed by atoms with E-state index >= 15 is 0 Å². The van der Waals surface area contributed by atoms with Gasteiger partial charge in [0.05, 0.1) is 19.2 Å². The molecule has 1 saturated carbocycles. The van der Waals surface area contributed by atoms with Gasteiger partial charge in [0.1, 0.15) is 5.75 Å². The van der Waals surface area contributed by atoms with Crippen LogP contribution in [0.2, 0.25) is 0 Å². The number of benzene rings is 1. The first-order chi connectivity index (χ1) is 9.64. The molecule has 4 nitrogen and oxygen atoms in total. The van der Waals surface area contributed by atoms with E-state index in [0.29, 0.717) is 5.96 Å². The second-order valence-corrected chi connectivity index (χ2v) is 6.11. The molecule has 1 fully saturated rings. The largest absolute Gasteiger partial charge is 0.497 e. The number of nitrogens with two attached hydrogens (primary N) is 1. The van der Waals surface area contributed by atoms with Crippen LogP contribution in [-0.4, -0.2) is 25.2 Å². The minimum atomic E-state index is 0.102. The summed E-state index contributed by atoms with van der Waals surface area (Å²) in [6.45, 7) is 3.17. The van der Waals surface area contributed by atoms with Crippen LogP contribution in [0.15, 0.2) is 29.3 Å². The molecule has 0 unspecified atom stereocenters. The highest BCUT2D eigenvalue weighted by Crippen LogP contribution is 2.41. The molecule has 4 heteroatoms. The highest BCUT2D eigenvalue weighted by atomic mass is 16.5. The van der Waals surface area contributed by atoms with Gasteiger partial charge < -0.3 is 15.4 Å².